The molecule has 0 saturated heterocycles. The van der Waals surface area contributed by atoms with E-state index in [-0.39, 0.29) is 0 Å². The molecule has 1 aromatic carbocycles. The molecule has 0 radical (unpaired) electrons. The minimum Gasteiger partial charge on any atom is -0.260 e. The van der Waals surface area contributed by atoms with Crippen molar-refractivity contribution >= 4 is 11.9 Å². The van der Waals surface area contributed by atoms with Crippen LogP contribution < -0.4 is 0 Å². The lowest BCUT2D eigenvalue weighted by atomic mass is 9.99. The van der Waals surface area contributed by atoms with Crippen LogP contribution in [0.15, 0.2) is 18.2 Å². The first-order valence-corrected chi connectivity index (χ1v) is 5.62. The van der Waals surface area contributed by atoms with E-state index in [0.717, 1.165) is 18.4 Å². The Hall–Kier alpha value is -1.92. The Morgan fingerprint density at radius 3 is 2.50 bits per heavy atom. The monoisotopic (exact) mass is 252 g/mol. The number of aryl methyl sites for hydroxylation is 1. The number of carbonyl (C=O) groups is 2. The number of unbranched alkanes of at least 4 members (excludes halogenated alkanes) is 1. The van der Waals surface area contributed by atoms with Gasteiger partial charge >= 0.3 is 11.9 Å². The molecule has 6 nitrogen and oxygen atoms in total. The molecule has 1 aromatic rings. The maximum absolute atomic E-state index is 11.6. The summed E-state index contributed by atoms with van der Waals surface area (Å²) in [4.78, 5) is 31.7. The van der Waals surface area contributed by atoms with Crippen LogP contribution in [0.25, 0.3) is 0 Å². The van der Waals surface area contributed by atoms with E-state index in [9.17, 15) is 9.59 Å². The highest BCUT2D eigenvalue weighted by molar-refractivity contribution is 5.94. The summed E-state index contributed by atoms with van der Waals surface area (Å²) in [5.74, 6) is -1.40. The van der Waals surface area contributed by atoms with Gasteiger partial charge in [-0.25, -0.2) is 9.59 Å². The SMILES string of the molecule is CCCCc1cc2ccc1C(=O)OOOOC2=O. The Labute approximate surface area is 103 Å². The normalized spacial score (nSPS) is 15.2. The summed E-state index contributed by atoms with van der Waals surface area (Å²) in [6, 6.07) is 4.59. The molecule has 96 valence electrons. The fraction of sp³-hybridized carbons (Fsp3) is 0.333. The Balaban J connectivity index is 2.39. The van der Waals surface area contributed by atoms with E-state index < -0.39 is 11.9 Å². The third kappa shape index (κ3) is 2.66. The summed E-state index contributed by atoms with van der Waals surface area (Å²) in [5, 5.41) is 7.98. The van der Waals surface area contributed by atoms with E-state index in [1.165, 1.54) is 12.1 Å². The van der Waals surface area contributed by atoms with Crippen molar-refractivity contribution in [3.8, 4) is 0 Å². The predicted octanol–water partition coefficient (Wildman–Crippen LogP) is 2.13. The van der Waals surface area contributed by atoms with Crippen LogP contribution in [0.2, 0.25) is 0 Å². The van der Waals surface area contributed by atoms with Crippen LogP contribution in [-0.4, -0.2) is 11.9 Å². The first kappa shape index (κ1) is 12.5. The van der Waals surface area contributed by atoms with E-state index >= 15 is 0 Å². The summed E-state index contributed by atoms with van der Waals surface area (Å²) in [6.45, 7) is 2.04. The quantitative estimate of drug-likeness (QED) is 0.767. The van der Waals surface area contributed by atoms with Crippen LogP contribution in [0, 0.1) is 0 Å². The molecule has 2 heterocycles. The number of fused-ring (bicyclic) bond motifs is 7. The largest absolute Gasteiger partial charge is 0.376 e. The summed E-state index contributed by atoms with van der Waals surface area (Å²) in [5.41, 5.74) is 1.37. The number of benzene rings is 1. The van der Waals surface area contributed by atoms with Gasteiger partial charge in [-0.15, -0.1) is 0 Å². The predicted molar refractivity (Wildman–Crippen MR) is 58.1 cm³/mol. The molecule has 18 heavy (non-hydrogen) atoms. The molecule has 0 saturated carbocycles. The fourth-order valence-electron chi connectivity index (χ4n) is 1.68. The van der Waals surface area contributed by atoms with E-state index in [1.807, 2.05) is 6.92 Å². The summed E-state index contributed by atoms with van der Waals surface area (Å²) in [6.07, 6.45) is 2.54. The standard InChI is InChI=1S/C12H12O6/c1-2-3-4-8-7-9-5-6-10(8)12(14)16-18-17-15-11(9)13/h5-7H,2-4H2,1H3. The lowest BCUT2D eigenvalue weighted by Crippen LogP contribution is -2.15. The van der Waals surface area contributed by atoms with Crippen molar-refractivity contribution < 1.29 is 29.4 Å². The lowest BCUT2D eigenvalue weighted by Gasteiger charge is -2.11. The summed E-state index contributed by atoms with van der Waals surface area (Å²) < 4.78 is 0. The Morgan fingerprint density at radius 2 is 1.78 bits per heavy atom. The van der Waals surface area contributed by atoms with Gasteiger partial charge in [0.25, 0.3) is 0 Å². The minimum atomic E-state index is -0.711. The van der Waals surface area contributed by atoms with Gasteiger partial charge in [-0.05, 0) is 36.6 Å². The highest BCUT2D eigenvalue weighted by atomic mass is 17.7. The second-order valence-electron chi connectivity index (χ2n) is 3.85. The topological polar surface area (TPSA) is 71.1 Å². The minimum absolute atomic E-state index is 0.295. The molecule has 0 atom stereocenters. The number of carbonyl (C=O) groups excluding carboxylic acids is 2. The van der Waals surface area contributed by atoms with Crippen molar-refractivity contribution in [1.82, 2.24) is 0 Å². The van der Waals surface area contributed by atoms with Crippen LogP contribution in [0.1, 0.15) is 46.0 Å². The van der Waals surface area contributed by atoms with Crippen molar-refractivity contribution in [1.29, 1.82) is 0 Å². The molecule has 2 aliphatic rings. The van der Waals surface area contributed by atoms with Crippen LogP contribution >= 0.6 is 0 Å². The maximum atomic E-state index is 11.6. The molecule has 0 fully saturated rings. The highest BCUT2D eigenvalue weighted by Gasteiger charge is 2.20. The van der Waals surface area contributed by atoms with Gasteiger partial charge in [0.2, 0.25) is 0 Å². The second-order valence-corrected chi connectivity index (χ2v) is 3.85. The molecule has 0 spiro atoms. The third-order valence-corrected chi connectivity index (χ3v) is 2.61. The van der Waals surface area contributed by atoms with Gasteiger partial charge in [-0.3, -0.25) is 9.78 Å². The highest BCUT2D eigenvalue weighted by Crippen LogP contribution is 2.18. The molecule has 0 aromatic heterocycles. The van der Waals surface area contributed by atoms with E-state index in [0.29, 0.717) is 17.5 Å². The van der Waals surface area contributed by atoms with Gasteiger partial charge in [-0.2, -0.15) is 0 Å². The molecule has 0 N–H and O–H groups in total. The van der Waals surface area contributed by atoms with Crippen molar-refractivity contribution in [2.24, 2.45) is 0 Å². The van der Waals surface area contributed by atoms with E-state index in [4.69, 9.17) is 0 Å². The van der Waals surface area contributed by atoms with Crippen molar-refractivity contribution in [3.05, 3.63) is 34.9 Å². The fourth-order valence-corrected chi connectivity index (χ4v) is 1.68. The van der Waals surface area contributed by atoms with Gasteiger partial charge in [0, 0.05) is 10.1 Å². The van der Waals surface area contributed by atoms with E-state index in [2.05, 4.69) is 19.9 Å². The smallest absolute Gasteiger partial charge is 0.260 e. The van der Waals surface area contributed by atoms with Gasteiger partial charge in [0.05, 0.1) is 11.1 Å². The molecule has 0 unspecified atom stereocenters. The van der Waals surface area contributed by atoms with Crippen LogP contribution in [0.3, 0.4) is 0 Å². The number of hydrogen-bond acceptors (Lipinski definition) is 6. The van der Waals surface area contributed by atoms with Gasteiger partial charge < -0.3 is 0 Å². The lowest BCUT2D eigenvalue weighted by molar-refractivity contribution is -0.595. The zero-order chi connectivity index (χ0) is 13.0. The molecule has 2 aliphatic heterocycles. The van der Waals surface area contributed by atoms with E-state index in [1.54, 1.807) is 6.07 Å². The molecule has 0 aliphatic carbocycles. The molecule has 6 heteroatoms. The van der Waals surface area contributed by atoms with Crippen molar-refractivity contribution in [2.45, 2.75) is 26.2 Å². The maximum Gasteiger partial charge on any atom is 0.376 e. The van der Waals surface area contributed by atoms with Gasteiger partial charge in [-0.1, -0.05) is 13.3 Å². The molecule has 2 bridgehead atoms. The molecular weight excluding hydrogens is 240 g/mol. The zero-order valence-corrected chi connectivity index (χ0v) is 9.80. The second kappa shape index (κ2) is 5.61. The number of rotatable bonds is 3. The average Bonchev–Trinajstić information content (AvgIpc) is 2.40. The van der Waals surface area contributed by atoms with Crippen LogP contribution in [0.5, 0.6) is 0 Å². The first-order chi connectivity index (χ1) is 8.72. The van der Waals surface area contributed by atoms with Crippen molar-refractivity contribution in [2.75, 3.05) is 0 Å². The average molecular weight is 252 g/mol. The van der Waals surface area contributed by atoms with Crippen LogP contribution in [-0.2, 0) is 26.3 Å². The molecule has 3 rings (SSSR count). The van der Waals surface area contributed by atoms with Gasteiger partial charge in [0.1, 0.15) is 0 Å². The Bertz CT molecular complexity index is 468. The molecule has 0 amide bonds. The van der Waals surface area contributed by atoms with Crippen molar-refractivity contribution in [3.63, 3.8) is 0 Å². The Morgan fingerprint density at radius 1 is 1.06 bits per heavy atom. The number of hydrogen-bond donors (Lipinski definition) is 0. The summed E-state index contributed by atoms with van der Waals surface area (Å²) >= 11 is 0. The summed E-state index contributed by atoms with van der Waals surface area (Å²) in [7, 11) is 0. The first-order valence-electron chi connectivity index (χ1n) is 5.62. The molecular formula is C12H12O6. The van der Waals surface area contributed by atoms with Crippen LogP contribution in [0.4, 0.5) is 0 Å². The third-order valence-electron chi connectivity index (χ3n) is 2.61. The van der Waals surface area contributed by atoms with Gasteiger partial charge in [0.15, 0.2) is 0 Å². The zero-order valence-electron chi connectivity index (χ0n) is 9.80. The Kier molecular flexibility index (Phi) is 3.91.